The van der Waals surface area contributed by atoms with E-state index >= 15 is 0 Å². The molecule has 0 aromatic carbocycles. The molecule has 5 heteroatoms. The summed E-state index contributed by atoms with van der Waals surface area (Å²) in [5, 5.41) is 2.88. The third-order valence-corrected chi connectivity index (χ3v) is 5.04. The number of thioether (sulfide) groups is 1. The average Bonchev–Trinajstić information content (AvgIpc) is 2.61. The fourth-order valence-electron chi connectivity index (χ4n) is 1.81. The van der Waals surface area contributed by atoms with E-state index in [2.05, 4.69) is 32.7 Å². The SMILES string of the molecule is CC1COCCN(C2=NCC(CBr)S2)C1. The maximum absolute atomic E-state index is 5.53. The summed E-state index contributed by atoms with van der Waals surface area (Å²) in [6.45, 7) is 6.99. The summed E-state index contributed by atoms with van der Waals surface area (Å²) in [6, 6.07) is 0. The van der Waals surface area contributed by atoms with Crippen molar-refractivity contribution in [3.63, 3.8) is 0 Å². The van der Waals surface area contributed by atoms with Gasteiger partial charge in [-0.2, -0.15) is 0 Å². The van der Waals surface area contributed by atoms with Gasteiger partial charge in [-0.15, -0.1) is 0 Å². The molecule has 0 N–H and O–H groups in total. The third-order valence-electron chi connectivity index (χ3n) is 2.58. The van der Waals surface area contributed by atoms with Crippen molar-refractivity contribution in [3.8, 4) is 0 Å². The van der Waals surface area contributed by atoms with Crippen molar-refractivity contribution >= 4 is 32.9 Å². The molecule has 0 aromatic rings. The number of hydrogen-bond donors (Lipinski definition) is 0. The highest BCUT2D eigenvalue weighted by molar-refractivity contribution is 9.09. The van der Waals surface area contributed by atoms with Crippen LogP contribution >= 0.6 is 27.7 Å². The van der Waals surface area contributed by atoms with Crippen LogP contribution in [0.2, 0.25) is 0 Å². The molecule has 2 atom stereocenters. The number of aliphatic imine (C=N–C) groups is 1. The van der Waals surface area contributed by atoms with Crippen molar-refractivity contribution < 1.29 is 4.74 Å². The molecule has 2 aliphatic heterocycles. The van der Waals surface area contributed by atoms with Crippen LogP contribution in [0.5, 0.6) is 0 Å². The lowest BCUT2D eigenvalue weighted by Crippen LogP contribution is -2.33. The third kappa shape index (κ3) is 3.11. The largest absolute Gasteiger partial charge is 0.379 e. The lowest BCUT2D eigenvalue weighted by Gasteiger charge is -2.23. The molecule has 2 heterocycles. The van der Waals surface area contributed by atoms with E-state index in [1.165, 1.54) is 5.17 Å². The molecule has 0 aromatic heterocycles. The van der Waals surface area contributed by atoms with E-state index in [-0.39, 0.29) is 0 Å². The lowest BCUT2D eigenvalue weighted by molar-refractivity contribution is 0.127. The fourth-order valence-corrected chi connectivity index (χ4v) is 3.39. The van der Waals surface area contributed by atoms with Gasteiger partial charge in [-0.1, -0.05) is 34.6 Å². The molecule has 0 amide bonds. The Hall–Kier alpha value is 0.260. The first-order chi connectivity index (χ1) is 7.29. The Bertz CT molecular complexity index is 250. The molecular formula is C10H17BrN2OS. The summed E-state index contributed by atoms with van der Waals surface area (Å²) in [5.74, 6) is 0.610. The molecule has 2 aliphatic rings. The molecule has 2 unspecified atom stereocenters. The predicted molar refractivity (Wildman–Crippen MR) is 69.0 cm³/mol. The highest BCUT2D eigenvalue weighted by Gasteiger charge is 2.25. The molecule has 3 nitrogen and oxygen atoms in total. The van der Waals surface area contributed by atoms with Crippen LogP contribution in [-0.2, 0) is 4.74 Å². The van der Waals surface area contributed by atoms with E-state index in [0.29, 0.717) is 11.2 Å². The standard InChI is InChI=1S/C10H17BrN2OS/c1-8-6-13(2-3-14-7-8)10-12-5-9(4-11)15-10/h8-9H,2-7H2,1H3. The Labute approximate surface area is 104 Å². The molecule has 0 spiro atoms. The van der Waals surface area contributed by atoms with Crippen LogP contribution in [0.3, 0.4) is 0 Å². The normalized spacial score (nSPS) is 32.7. The average molecular weight is 293 g/mol. The predicted octanol–water partition coefficient (Wildman–Crippen LogP) is 1.82. The Morgan fingerprint density at radius 1 is 1.67 bits per heavy atom. The van der Waals surface area contributed by atoms with Crippen LogP contribution in [-0.4, -0.2) is 53.5 Å². The van der Waals surface area contributed by atoms with Crippen molar-refractivity contribution in [2.24, 2.45) is 10.9 Å². The van der Waals surface area contributed by atoms with Crippen molar-refractivity contribution in [1.82, 2.24) is 4.90 Å². The summed E-state index contributed by atoms with van der Waals surface area (Å²) in [5.41, 5.74) is 0. The number of halogens is 1. The van der Waals surface area contributed by atoms with E-state index in [9.17, 15) is 0 Å². The molecule has 0 radical (unpaired) electrons. The monoisotopic (exact) mass is 292 g/mol. The minimum Gasteiger partial charge on any atom is -0.379 e. The molecule has 1 saturated heterocycles. The summed E-state index contributed by atoms with van der Waals surface area (Å²) in [6.07, 6.45) is 0. The van der Waals surface area contributed by atoms with Crippen molar-refractivity contribution in [1.29, 1.82) is 0 Å². The van der Waals surface area contributed by atoms with Gasteiger partial charge in [0.1, 0.15) is 0 Å². The number of amidine groups is 1. The van der Waals surface area contributed by atoms with Gasteiger partial charge in [-0.05, 0) is 5.92 Å². The van der Waals surface area contributed by atoms with Crippen LogP contribution in [0.25, 0.3) is 0 Å². The number of alkyl halides is 1. The Morgan fingerprint density at radius 2 is 2.53 bits per heavy atom. The van der Waals surface area contributed by atoms with Crippen LogP contribution < -0.4 is 0 Å². The second kappa shape index (κ2) is 5.55. The quantitative estimate of drug-likeness (QED) is 0.689. The zero-order valence-electron chi connectivity index (χ0n) is 8.99. The van der Waals surface area contributed by atoms with Gasteiger partial charge in [0.05, 0.1) is 19.8 Å². The highest BCUT2D eigenvalue weighted by Crippen LogP contribution is 2.25. The molecule has 0 saturated carbocycles. The summed E-state index contributed by atoms with van der Waals surface area (Å²) >= 11 is 5.42. The highest BCUT2D eigenvalue weighted by atomic mass is 79.9. The Morgan fingerprint density at radius 3 is 3.27 bits per heavy atom. The molecule has 2 rings (SSSR count). The van der Waals surface area contributed by atoms with Crippen molar-refractivity contribution in [2.75, 3.05) is 38.2 Å². The van der Waals surface area contributed by atoms with Crippen molar-refractivity contribution in [2.45, 2.75) is 12.2 Å². The fraction of sp³-hybridized carbons (Fsp3) is 0.900. The molecule has 1 fully saturated rings. The Balaban J connectivity index is 1.92. The minimum atomic E-state index is 0.610. The van der Waals surface area contributed by atoms with Gasteiger partial charge < -0.3 is 9.64 Å². The second-order valence-corrected chi connectivity index (χ2v) is 6.06. The van der Waals surface area contributed by atoms with Crippen LogP contribution in [0, 0.1) is 5.92 Å². The summed E-state index contributed by atoms with van der Waals surface area (Å²) < 4.78 is 5.53. The second-order valence-electron chi connectivity index (χ2n) is 4.14. The first kappa shape index (κ1) is 11.7. The summed E-state index contributed by atoms with van der Waals surface area (Å²) in [7, 11) is 0. The number of nitrogens with zero attached hydrogens (tertiary/aromatic N) is 2. The topological polar surface area (TPSA) is 24.8 Å². The van der Waals surface area contributed by atoms with E-state index in [1.54, 1.807) is 0 Å². The summed E-state index contributed by atoms with van der Waals surface area (Å²) in [4.78, 5) is 6.99. The molecule has 86 valence electrons. The van der Waals surface area contributed by atoms with E-state index in [1.807, 2.05) is 11.8 Å². The first-order valence-corrected chi connectivity index (χ1v) is 7.39. The van der Waals surface area contributed by atoms with Gasteiger partial charge in [0.15, 0.2) is 5.17 Å². The first-order valence-electron chi connectivity index (χ1n) is 5.39. The van der Waals surface area contributed by atoms with Gasteiger partial charge in [0.2, 0.25) is 0 Å². The smallest absolute Gasteiger partial charge is 0.159 e. The van der Waals surface area contributed by atoms with E-state index < -0.39 is 0 Å². The minimum absolute atomic E-state index is 0.610. The van der Waals surface area contributed by atoms with Crippen molar-refractivity contribution in [3.05, 3.63) is 0 Å². The van der Waals surface area contributed by atoms with Crippen LogP contribution in [0.15, 0.2) is 4.99 Å². The molecule has 0 bridgehead atoms. The van der Waals surface area contributed by atoms with Gasteiger partial charge in [0, 0.05) is 23.7 Å². The zero-order chi connectivity index (χ0) is 10.7. The Kier molecular flexibility index (Phi) is 4.34. The molecule has 15 heavy (non-hydrogen) atoms. The van der Waals surface area contributed by atoms with Gasteiger partial charge in [0.25, 0.3) is 0 Å². The molecule has 0 aliphatic carbocycles. The lowest BCUT2D eigenvalue weighted by atomic mass is 10.2. The maximum Gasteiger partial charge on any atom is 0.159 e. The van der Waals surface area contributed by atoms with E-state index in [0.717, 1.165) is 38.2 Å². The van der Waals surface area contributed by atoms with Gasteiger partial charge in [-0.3, -0.25) is 4.99 Å². The van der Waals surface area contributed by atoms with Crippen LogP contribution in [0.4, 0.5) is 0 Å². The number of hydrogen-bond acceptors (Lipinski definition) is 4. The van der Waals surface area contributed by atoms with Gasteiger partial charge >= 0.3 is 0 Å². The zero-order valence-corrected chi connectivity index (χ0v) is 11.4. The van der Waals surface area contributed by atoms with E-state index in [4.69, 9.17) is 4.74 Å². The number of rotatable bonds is 1. The number of ether oxygens (including phenoxy) is 1. The maximum atomic E-state index is 5.53. The van der Waals surface area contributed by atoms with Gasteiger partial charge in [-0.25, -0.2) is 0 Å². The molecular weight excluding hydrogens is 276 g/mol. The van der Waals surface area contributed by atoms with Crippen LogP contribution in [0.1, 0.15) is 6.92 Å².